The van der Waals surface area contributed by atoms with Crippen molar-refractivity contribution in [3.05, 3.63) is 312 Å². The molecule has 1 aliphatic rings. The average Bonchev–Trinajstić information content (AvgIpc) is 0.833. The van der Waals surface area contributed by atoms with E-state index in [0.29, 0.717) is 85.3 Å². The van der Waals surface area contributed by atoms with Crippen molar-refractivity contribution in [1.82, 2.24) is 35.6 Å². The van der Waals surface area contributed by atoms with E-state index in [9.17, 15) is 40.7 Å². The maximum absolute atomic E-state index is 13.4. The van der Waals surface area contributed by atoms with Crippen molar-refractivity contribution < 1.29 is 55.7 Å². The summed E-state index contributed by atoms with van der Waals surface area (Å²) < 4.78 is 85.2. The Hall–Kier alpha value is -9.31. The fraction of sp³-hybridized carbons (Fsp3) is 0.380. The van der Waals surface area contributed by atoms with E-state index in [2.05, 4.69) is 186 Å². The summed E-state index contributed by atoms with van der Waals surface area (Å²) in [4.78, 5) is 42.2. The minimum absolute atomic E-state index is 0.0659. The van der Waals surface area contributed by atoms with E-state index in [1.807, 2.05) is 30.3 Å². The summed E-state index contributed by atoms with van der Waals surface area (Å²) in [6.07, 6.45) is -3.68. The first kappa shape index (κ1) is 87.3. The smallest absolute Gasteiger partial charge is 0.416 e. The highest BCUT2D eigenvalue weighted by molar-refractivity contribution is 5.87. The normalized spacial score (nSPS) is 12.9. The first-order valence-electron chi connectivity index (χ1n) is 38.4. The van der Waals surface area contributed by atoms with Crippen LogP contribution in [0.5, 0.6) is 5.75 Å². The Labute approximate surface area is 653 Å². The van der Waals surface area contributed by atoms with E-state index < -0.39 is 35.4 Å². The third-order valence-corrected chi connectivity index (χ3v) is 19.5. The summed E-state index contributed by atoms with van der Waals surface area (Å²) >= 11 is 0. The summed E-state index contributed by atoms with van der Waals surface area (Å²) in [5.74, 6) is -1.31. The second-order valence-corrected chi connectivity index (χ2v) is 30.6. The lowest BCUT2D eigenvalue weighted by Gasteiger charge is -2.32. The number of ether oxygens (including phenoxy) is 1. The van der Waals surface area contributed by atoms with Crippen LogP contribution in [-0.2, 0) is 92.7 Å². The molecule has 5 N–H and O–H groups in total. The third kappa shape index (κ3) is 32.1. The molecule has 0 amide bonds. The standard InChI is InChI=1S/C32H41N3O2.C31H37F3N2O2.C29H33F3N2O2/c1-26-19-27(2)21-30(20-26)24-35(23-29-9-11-32(12-10-29)37-25-36)16-6-15-33-31-13-17-34(18-14-31)22-28-7-4-3-5-8-28;1-22-16-25(18-28(17-22)31(32,33)34)21-36(20-24-6-10-26(11-7-24)29(37)38)15-5-14-35-19-23-8-12-27(13-9-23)30(2,3)4;1-21-7-9-23(10-8-21)18-33-11-4-12-34(19-25-6-3-5-24(15-25)17-28(35)36)20-26-13-22(2)14-27(16-26)29(30,31)32/h3-5,7-12,19-21,25,31,33H,6,13-18,22-24H2,1-2H3;6-13,16-18,35H,5,14-15,19-21H2,1-4H3,(H,37,38);3,5-10,13-16,33H,4,11-12,17-20H2,1-2H3,(H,35,36). The van der Waals surface area contributed by atoms with E-state index in [-0.39, 0.29) is 17.4 Å². The van der Waals surface area contributed by atoms with Gasteiger partial charge in [-0.1, -0.05) is 206 Å². The summed E-state index contributed by atoms with van der Waals surface area (Å²) in [6, 6.07) is 65.3. The number of halogens is 6. The Bertz CT molecular complexity index is 4290. The van der Waals surface area contributed by atoms with Crippen LogP contribution in [0.25, 0.3) is 0 Å². The number of rotatable bonds is 36. The molecule has 0 bridgehead atoms. The molecule has 1 aliphatic heterocycles. The number of hydrogen-bond acceptors (Lipinski definition) is 11. The Morgan fingerprint density at radius 1 is 0.450 bits per heavy atom. The highest BCUT2D eigenvalue weighted by Crippen LogP contribution is 2.33. The summed E-state index contributed by atoms with van der Waals surface area (Å²) in [5.41, 5.74) is 15.5. The molecule has 9 aromatic carbocycles. The average molecular weight is 1520 g/mol. The van der Waals surface area contributed by atoms with Gasteiger partial charge < -0.3 is 30.9 Å². The predicted molar refractivity (Wildman–Crippen MR) is 431 cm³/mol. The number of hydrogen-bond donors (Lipinski definition) is 5. The molecular formula is C92H111F6N7O6. The lowest BCUT2D eigenvalue weighted by atomic mass is 9.87. The van der Waals surface area contributed by atoms with E-state index in [0.717, 1.165) is 115 Å². The molecule has 0 aromatic heterocycles. The highest BCUT2D eigenvalue weighted by atomic mass is 19.4. The van der Waals surface area contributed by atoms with Crippen LogP contribution in [-0.4, -0.2) is 107 Å². The second kappa shape index (κ2) is 43.5. The first-order chi connectivity index (χ1) is 53.0. The molecule has 592 valence electrons. The van der Waals surface area contributed by atoms with Crippen LogP contribution in [0.1, 0.15) is 163 Å². The number of carboxylic acids is 2. The molecule has 1 saturated heterocycles. The Morgan fingerprint density at radius 2 is 0.874 bits per heavy atom. The molecular weight excluding hydrogens is 1410 g/mol. The molecule has 0 aliphatic carbocycles. The number of benzene rings is 9. The van der Waals surface area contributed by atoms with Gasteiger partial charge in [0.05, 0.1) is 23.1 Å². The third-order valence-electron chi connectivity index (χ3n) is 19.5. The predicted octanol–water partition coefficient (Wildman–Crippen LogP) is 18.8. The van der Waals surface area contributed by atoms with Gasteiger partial charge in [-0.05, 0) is 215 Å². The van der Waals surface area contributed by atoms with Gasteiger partial charge in [-0.15, -0.1) is 0 Å². The topological polar surface area (TPSA) is 150 Å². The van der Waals surface area contributed by atoms with Gasteiger partial charge in [0.1, 0.15) is 5.75 Å². The number of carboxylic acid groups (broad SMARTS) is 2. The van der Waals surface area contributed by atoms with E-state index in [1.54, 1.807) is 56.3 Å². The number of aromatic carboxylic acids is 1. The maximum Gasteiger partial charge on any atom is 0.416 e. The van der Waals surface area contributed by atoms with Gasteiger partial charge in [0, 0.05) is 84.6 Å². The number of alkyl halides is 6. The zero-order chi connectivity index (χ0) is 79.9. The number of aliphatic carboxylic acids is 1. The van der Waals surface area contributed by atoms with Crippen molar-refractivity contribution in [2.24, 2.45) is 0 Å². The zero-order valence-corrected chi connectivity index (χ0v) is 65.6. The van der Waals surface area contributed by atoms with Crippen LogP contribution in [0.4, 0.5) is 26.3 Å². The highest BCUT2D eigenvalue weighted by Gasteiger charge is 2.32. The second-order valence-electron chi connectivity index (χ2n) is 30.6. The number of aryl methyl sites for hydroxylation is 5. The molecule has 0 radical (unpaired) electrons. The van der Waals surface area contributed by atoms with Crippen LogP contribution in [0, 0.1) is 34.6 Å². The van der Waals surface area contributed by atoms with Crippen molar-refractivity contribution >= 4 is 18.4 Å². The molecule has 0 atom stereocenters. The molecule has 9 aromatic rings. The minimum Gasteiger partial charge on any atom is -0.481 e. The lowest BCUT2D eigenvalue weighted by molar-refractivity contribution is -0.138. The minimum atomic E-state index is -4.40. The zero-order valence-electron chi connectivity index (χ0n) is 65.6. The molecule has 0 saturated carbocycles. The number of carbonyl (C=O) groups is 3. The fourth-order valence-corrected chi connectivity index (χ4v) is 14.0. The van der Waals surface area contributed by atoms with Crippen LogP contribution >= 0.6 is 0 Å². The van der Waals surface area contributed by atoms with Crippen molar-refractivity contribution in [2.45, 2.75) is 177 Å². The first-order valence-corrected chi connectivity index (χ1v) is 38.4. The number of piperidine rings is 1. The molecule has 1 fully saturated rings. The SMILES string of the molecule is Cc1cc(C)cc(CN(CCCNC2CCN(Cc3ccccc3)CC2)Cc2ccc(OC=O)cc2)c1.Cc1cc(CN(CCCNCc2ccc(C(C)(C)C)cc2)Cc2ccc(C(=O)O)cc2)cc(C(F)(F)F)c1.Cc1ccc(CNCCCN(Cc2cccc(CC(=O)O)c2)Cc2cc(C)cc(C(F)(F)F)c2)cc1. The number of likely N-dealkylation sites (tertiary alicyclic amines) is 1. The Morgan fingerprint density at radius 3 is 1.34 bits per heavy atom. The van der Waals surface area contributed by atoms with Crippen LogP contribution in [0.2, 0.25) is 0 Å². The molecule has 10 rings (SSSR count). The summed E-state index contributed by atoms with van der Waals surface area (Å²) in [7, 11) is 0. The van der Waals surface area contributed by atoms with Crippen molar-refractivity contribution in [3.63, 3.8) is 0 Å². The molecule has 1 heterocycles. The monoisotopic (exact) mass is 1520 g/mol. The van der Waals surface area contributed by atoms with Gasteiger partial charge in [0.25, 0.3) is 6.47 Å². The number of nitrogens with one attached hydrogen (secondary N) is 3. The van der Waals surface area contributed by atoms with Gasteiger partial charge in [0.15, 0.2) is 0 Å². The van der Waals surface area contributed by atoms with Crippen LogP contribution < -0.4 is 20.7 Å². The van der Waals surface area contributed by atoms with Crippen LogP contribution in [0.15, 0.2) is 206 Å². The quantitative estimate of drug-likeness (QED) is 0.0144. The van der Waals surface area contributed by atoms with Crippen molar-refractivity contribution in [1.29, 1.82) is 0 Å². The molecule has 0 spiro atoms. The largest absolute Gasteiger partial charge is 0.481 e. The number of nitrogens with zero attached hydrogens (tertiary/aromatic N) is 4. The Kier molecular flexibility index (Phi) is 34.2. The van der Waals surface area contributed by atoms with Crippen molar-refractivity contribution in [2.75, 3.05) is 52.4 Å². The van der Waals surface area contributed by atoms with Crippen LogP contribution in [0.3, 0.4) is 0 Å². The van der Waals surface area contributed by atoms with Gasteiger partial charge in [-0.2, -0.15) is 26.3 Å². The van der Waals surface area contributed by atoms with Crippen molar-refractivity contribution in [3.8, 4) is 5.75 Å². The number of carbonyl (C=O) groups excluding carboxylic acids is 1. The van der Waals surface area contributed by atoms with Gasteiger partial charge in [0.2, 0.25) is 0 Å². The summed E-state index contributed by atoms with van der Waals surface area (Å²) in [6.45, 7) is 30.1. The van der Waals surface area contributed by atoms with E-state index in [1.165, 1.54) is 75.0 Å². The van der Waals surface area contributed by atoms with E-state index in [4.69, 9.17) is 14.9 Å². The molecule has 0 unspecified atom stereocenters. The fourth-order valence-electron chi connectivity index (χ4n) is 14.0. The maximum atomic E-state index is 13.4. The Balaban J connectivity index is 0.000000209. The van der Waals surface area contributed by atoms with Gasteiger partial charge in [-0.25, -0.2) is 4.79 Å². The van der Waals surface area contributed by atoms with Gasteiger partial charge in [-0.3, -0.25) is 29.2 Å². The lowest BCUT2D eigenvalue weighted by Crippen LogP contribution is -2.42. The van der Waals surface area contributed by atoms with Gasteiger partial charge >= 0.3 is 24.3 Å². The molecule has 19 heteroatoms. The van der Waals surface area contributed by atoms with E-state index >= 15 is 0 Å². The molecule has 111 heavy (non-hydrogen) atoms. The molecule has 13 nitrogen and oxygen atoms in total. The summed E-state index contributed by atoms with van der Waals surface area (Å²) in [5, 5.41) is 29.0.